The Morgan fingerprint density at radius 2 is 2.06 bits per heavy atom. The van der Waals surface area contributed by atoms with Gasteiger partial charge in [0.2, 0.25) is 0 Å². The van der Waals surface area contributed by atoms with Gasteiger partial charge >= 0.3 is 0 Å². The fourth-order valence-electron chi connectivity index (χ4n) is 1.54. The molecule has 0 saturated heterocycles. The van der Waals surface area contributed by atoms with Gasteiger partial charge in [-0.2, -0.15) is 0 Å². The molecule has 16 heavy (non-hydrogen) atoms. The van der Waals surface area contributed by atoms with Crippen LogP contribution in [0.15, 0.2) is 30.5 Å². The van der Waals surface area contributed by atoms with Crippen molar-refractivity contribution in [3.8, 4) is 5.75 Å². The average Bonchev–Trinajstić information content (AvgIpc) is 2.29. The number of fused-ring (bicyclic) bond motifs is 1. The molecule has 2 rings (SSSR count). The Hall–Kier alpha value is -2.10. The first-order chi connectivity index (χ1) is 7.61. The van der Waals surface area contributed by atoms with Gasteiger partial charge in [0.05, 0.1) is 5.56 Å². The van der Waals surface area contributed by atoms with Gasteiger partial charge in [-0.3, -0.25) is 9.78 Å². The Labute approximate surface area is 93.1 Å². The summed E-state index contributed by atoms with van der Waals surface area (Å²) in [7, 11) is 3.29. The Kier molecular flexibility index (Phi) is 2.48. The molecule has 0 bridgehead atoms. The van der Waals surface area contributed by atoms with Crippen molar-refractivity contribution >= 4 is 16.8 Å². The van der Waals surface area contributed by atoms with Crippen LogP contribution in [0.1, 0.15) is 10.4 Å². The summed E-state index contributed by atoms with van der Waals surface area (Å²) < 4.78 is 0. The van der Waals surface area contributed by atoms with Crippen LogP contribution < -0.4 is 0 Å². The summed E-state index contributed by atoms with van der Waals surface area (Å²) in [5, 5.41) is 10.8. The number of aromatic hydroxyl groups is 1. The Bertz CT molecular complexity index is 550. The number of aromatic nitrogens is 1. The van der Waals surface area contributed by atoms with Crippen molar-refractivity contribution in [1.82, 2.24) is 9.88 Å². The molecular weight excluding hydrogens is 204 g/mol. The van der Waals surface area contributed by atoms with Crippen LogP contribution in [0.3, 0.4) is 0 Å². The van der Waals surface area contributed by atoms with Crippen molar-refractivity contribution in [2.75, 3.05) is 14.1 Å². The minimum Gasteiger partial charge on any atom is -0.505 e. The zero-order valence-corrected chi connectivity index (χ0v) is 9.14. The lowest BCUT2D eigenvalue weighted by molar-refractivity contribution is 0.0825. The molecule has 0 atom stereocenters. The summed E-state index contributed by atoms with van der Waals surface area (Å²) in [6, 6.07) is 7.02. The predicted octanol–water partition coefficient (Wildman–Crippen LogP) is 1.64. The van der Waals surface area contributed by atoms with E-state index >= 15 is 0 Å². The summed E-state index contributed by atoms with van der Waals surface area (Å²) >= 11 is 0. The molecule has 0 unspecified atom stereocenters. The Balaban J connectivity index is 2.65. The molecule has 4 nitrogen and oxygen atoms in total. The van der Waals surface area contributed by atoms with Crippen molar-refractivity contribution in [3.05, 3.63) is 36.0 Å². The van der Waals surface area contributed by atoms with Gasteiger partial charge in [0, 0.05) is 25.7 Å². The van der Waals surface area contributed by atoms with E-state index in [9.17, 15) is 9.90 Å². The second-order valence-corrected chi connectivity index (χ2v) is 3.74. The largest absolute Gasteiger partial charge is 0.505 e. The normalized spacial score (nSPS) is 10.4. The summed E-state index contributed by atoms with van der Waals surface area (Å²) in [5.41, 5.74) is 0.728. The van der Waals surface area contributed by atoms with E-state index in [1.54, 1.807) is 38.5 Å². The van der Waals surface area contributed by atoms with E-state index in [1.807, 2.05) is 6.07 Å². The van der Waals surface area contributed by atoms with Crippen LogP contribution in [-0.4, -0.2) is 35.0 Å². The molecule has 0 aliphatic rings. The molecule has 1 amide bonds. The van der Waals surface area contributed by atoms with E-state index in [0.29, 0.717) is 5.52 Å². The van der Waals surface area contributed by atoms with Crippen LogP contribution in [0.25, 0.3) is 10.9 Å². The lowest BCUT2D eigenvalue weighted by atomic mass is 10.1. The first kappa shape index (κ1) is 10.4. The average molecular weight is 216 g/mol. The number of phenols is 1. The second-order valence-electron chi connectivity index (χ2n) is 3.74. The van der Waals surface area contributed by atoms with Crippen molar-refractivity contribution < 1.29 is 9.90 Å². The molecule has 0 aliphatic carbocycles. The molecule has 82 valence electrons. The van der Waals surface area contributed by atoms with Gasteiger partial charge in [0.15, 0.2) is 5.75 Å². The molecule has 0 saturated carbocycles. The topological polar surface area (TPSA) is 53.4 Å². The number of pyridine rings is 1. The zero-order valence-electron chi connectivity index (χ0n) is 9.14. The second kappa shape index (κ2) is 3.81. The van der Waals surface area contributed by atoms with Crippen LogP contribution in [0.5, 0.6) is 5.75 Å². The van der Waals surface area contributed by atoms with Crippen molar-refractivity contribution in [2.24, 2.45) is 0 Å². The van der Waals surface area contributed by atoms with Crippen LogP contribution in [0, 0.1) is 0 Å². The first-order valence-electron chi connectivity index (χ1n) is 4.89. The van der Waals surface area contributed by atoms with E-state index in [-0.39, 0.29) is 17.2 Å². The molecular formula is C12H12N2O2. The Morgan fingerprint density at radius 1 is 1.31 bits per heavy atom. The highest BCUT2D eigenvalue weighted by Gasteiger charge is 2.15. The van der Waals surface area contributed by atoms with E-state index in [1.165, 1.54) is 4.90 Å². The van der Waals surface area contributed by atoms with E-state index in [0.717, 1.165) is 5.39 Å². The standard InChI is InChI=1S/C12H12N2O2/c1-14(2)12(16)9-6-5-8-4-3-7-13-10(8)11(9)15/h3-7,15H,1-2H3. The highest BCUT2D eigenvalue weighted by molar-refractivity contribution is 6.02. The quantitative estimate of drug-likeness (QED) is 0.788. The summed E-state index contributed by atoms with van der Waals surface area (Å²) in [4.78, 5) is 17.2. The molecule has 1 heterocycles. The van der Waals surface area contributed by atoms with Gasteiger partial charge in [-0.15, -0.1) is 0 Å². The van der Waals surface area contributed by atoms with Gasteiger partial charge in [-0.05, 0) is 12.1 Å². The summed E-state index contributed by atoms with van der Waals surface area (Å²) in [5.74, 6) is -0.290. The zero-order chi connectivity index (χ0) is 11.7. The van der Waals surface area contributed by atoms with Crippen LogP contribution in [0.4, 0.5) is 0 Å². The van der Waals surface area contributed by atoms with Gasteiger partial charge in [-0.25, -0.2) is 0 Å². The maximum absolute atomic E-state index is 11.7. The third-order valence-electron chi connectivity index (χ3n) is 2.38. The fourth-order valence-corrected chi connectivity index (χ4v) is 1.54. The van der Waals surface area contributed by atoms with Crippen LogP contribution in [-0.2, 0) is 0 Å². The van der Waals surface area contributed by atoms with Crippen molar-refractivity contribution in [2.45, 2.75) is 0 Å². The minimum absolute atomic E-state index is 0.0585. The van der Waals surface area contributed by atoms with Gasteiger partial charge in [-0.1, -0.05) is 12.1 Å². The number of carbonyl (C=O) groups excluding carboxylic acids is 1. The molecule has 1 N–H and O–H groups in total. The van der Waals surface area contributed by atoms with Gasteiger partial charge in [0.25, 0.3) is 5.91 Å². The third-order valence-corrected chi connectivity index (χ3v) is 2.38. The number of hydrogen-bond donors (Lipinski definition) is 1. The van der Waals surface area contributed by atoms with Crippen molar-refractivity contribution in [3.63, 3.8) is 0 Å². The molecule has 1 aromatic heterocycles. The summed E-state index contributed by atoms with van der Waals surface area (Å²) in [6.45, 7) is 0. The molecule has 0 aliphatic heterocycles. The molecule has 2 aromatic rings. The van der Waals surface area contributed by atoms with E-state index in [4.69, 9.17) is 0 Å². The van der Waals surface area contributed by atoms with E-state index in [2.05, 4.69) is 4.98 Å². The van der Waals surface area contributed by atoms with E-state index < -0.39 is 0 Å². The van der Waals surface area contributed by atoms with Crippen LogP contribution in [0.2, 0.25) is 0 Å². The SMILES string of the molecule is CN(C)C(=O)c1ccc2cccnc2c1O. The van der Waals surface area contributed by atoms with Gasteiger partial charge in [0.1, 0.15) is 5.52 Å². The minimum atomic E-state index is -0.231. The fraction of sp³-hybridized carbons (Fsp3) is 0.167. The predicted molar refractivity (Wildman–Crippen MR) is 61.4 cm³/mol. The lowest BCUT2D eigenvalue weighted by Gasteiger charge is -2.12. The number of nitrogens with zero attached hydrogens (tertiary/aromatic N) is 2. The monoisotopic (exact) mass is 216 g/mol. The molecule has 0 fully saturated rings. The molecule has 4 heteroatoms. The first-order valence-corrected chi connectivity index (χ1v) is 4.89. The number of hydrogen-bond acceptors (Lipinski definition) is 3. The molecule has 0 radical (unpaired) electrons. The highest BCUT2D eigenvalue weighted by atomic mass is 16.3. The lowest BCUT2D eigenvalue weighted by Crippen LogP contribution is -2.21. The number of benzene rings is 1. The number of carbonyl (C=O) groups is 1. The van der Waals surface area contributed by atoms with Crippen molar-refractivity contribution in [1.29, 1.82) is 0 Å². The third kappa shape index (κ3) is 1.58. The summed E-state index contributed by atoms with van der Waals surface area (Å²) in [6.07, 6.45) is 1.59. The number of amides is 1. The number of phenolic OH excluding ortho intramolecular Hbond substituents is 1. The highest BCUT2D eigenvalue weighted by Crippen LogP contribution is 2.27. The Morgan fingerprint density at radius 3 is 2.75 bits per heavy atom. The van der Waals surface area contributed by atoms with Gasteiger partial charge < -0.3 is 10.0 Å². The number of rotatable bonds is 1. The maximum Gasteiger partial charge on any atom is 0.257 e. The smallest absolute Gasteiger partial charge is 0.257 e. The molecule has 1 aromatic carbocycles. The maximum atomic E-state index is 11.7. The van der Waals surface area contributed by atoms with Crippen LogP contribution >= 0.6 is 0 Å². The molecule has 0 spiro atoms.